The standard InChI is InChI=1S/C30H30N2O3S2/c1-3-20-15-18(2)26(32-20)23-16-19(9-11-24(23)31-21-7-5-4-6-8-21)29-27-28(35-14-13-34-27)30(37-29)25-12-10-22(17-33)36-25/h4-12,16-18,20,26,31-32H,3,13-15H2,1-2H3. The summed E-state index contributed by atoms with van der Waals surface area (Å²) in [7, 11) is 0. The van der Waals surface area contributed by atoms with Gasteiger partial charge in [-0.2, -0.15) is 0 Å². The summed E-state index contributed by atoms with van der Waals surface area (Å²) in [5, 5.41) is 7.55. The number of carbonyl (C=O) groups is 1. The maximum absolute atomic E-state index is 11.3. The van der Waals surface area contributed by atoms with E-state index in [1.165, 1.54) is 23.3 Å². The van der Waals surface area contributed by atoms with Crippen LogP contribution in [0.3, 0.4) is 0 Å². The van der Waals surface area contributed by atoms with Gasteiger partial charge in [0.2, 0.25) is 0 Å². The lowest BCUT2D eigenvalue weighted by atomic mass is 9.92. The first-order valence-electron chi connectivity index (χ1n) is 12.8. The van der Waals surface area contributed by atoms with E-state index >= 15 is 0 Å². The Morgan fingerprint density at radius 2 is 1.78 bits per heavy atom. The minimum Gasteiger partial charge on any atom is -0.485 e. The molecule has 3 unspecified atom stereocenters. The average Bonchev–Trinajstić information content (AvgIpc) is 3.66. The molecule has 6 rings (SSSR count). The van der Waals surface area contributed by atoms with E-state index in [9.17, 15) is 4.79 Å². The van der Waals surface area contributed by atoms with Gasteiger partial charge in [-0.3, -0.25) is 4.79 Å². The van der Waals surface area contributed by atoms with Crippen molar-refractivity contribution in [3.63, 3.8) is 0 Å². The zero-order valence-corrected chi connectivity index (χ0v) is 22.6. The summed E-state index contributed by atoms with van der Waals surface area (Å²) in [6, 6.07) is 21.7. The number of ether oxygens (including phenoxy) is 2. The number of rotatable bonds is 7. The van der Waals surface area contributed by atoms with Gasteiger partial charge >= 0.3 is 0 Å². The Morgan fingerprint density at radius 1 is 1.00 bits per heavy atom. The molecule has 2 aliphatic heterocycles. The summed E-state index contributed by atoms with van der Waals surface area (Å²) in [4.78, 5) is 15.1. The highest BCUT2D eigenvalue weighted by Gasteiger charge is 2.33. The van der Waals surface area contributed by atoms with Crippen LogP contribution in [0.25, 0.3) is 20.2 Å². The first-order valence-corrected chi connectivity index (χ1v) is 14.5. The van der Waals surface area contributed by atoms with Crippen LogP contribution in [-0.2, 0) is 0 Å². The van der Waals surface area contributed by atoms with Crippen molar-refractivity contribution in [2.24, 2.45) is 5.92 Å². The number of nitrogens with one attached hydrogen (secondary N) is 2. The van der Waals surface area contributed by atoms with Gasteiger partial charge in [0.05, 0.1) is 14.6 Å². The summed E-state index contributed by atoms with van der Waals surface area (Å²) in [6.45, 7) is 5.65. The molecule has 2 aliphatic rings. The highest BCUT2D eigenvalue weighted by Crippen LogP contribution is 2.55. The largest absolute Gasteiger partial charge is 0.485 e. The topological polar surface area (TPSA) is 59.6 Å². The zero-order chi connectivity index (χ0) is 25.4. The molecular weight excluding hydrogens is 500 g/mol. The number of benzene rings is 2. The van der Waals surface area contributed by atoms with E-state index in [-0.39, 0.29) is 6.04 Å². The fourth-order valence-corrected chi connectivity index (χ4v) is 7.46. The molecule has 0 bridgehead atoms. The molecule has 37 heavy (non-hydrogen) atoms. The molecule has 0 radical (unpaired) electrons. The molecule has 1 fully saturated rings. The summed E-state index contributed by atoms with van der Waals surface area (Å²) < 4.78 is 12.3. The van der Waals surface area contributed by atoms with Crippen LogP contribution in [0.4, 0.5) is 11.4 Å². The van der Waals surface area contributed by atoms with Gasteiger partial charge in [-0.25, -0.2) is 0 Å². The van der Waals surface area contributed by atoms with Crippen molar-refractivity contribution >= 4 is 40.3 Å². The van der Waals surface area contributed by atoms with E-state index in [4.69, 9.17) is 9.47 Å². The van der Waals surface area contributed by atoms with Crippen molar-refractivity contribution in [3.8, 4) is 31.7 Å². The first kappa shape index (κ1) is 24.2. The smallest absolute Gasteiger partial charge is 0.181 e. The predicted octanol–water partition coefficient (Wildman–Crippen LogP) is 7.92. The van der Waals surface area contributed by atoms with E-state index in [1.807, 2.05) is 18.2 Å². The highest BCUT2D eigenvalue weighted by atomic mass is 32.1. The maximum Gasteiger partial charge on any atom is 0.181 e. The van der Waals surface area contributed by atoms with Gasteiger partial charge in [-0.1, -0.05) is 38.1 Å². The molecule has 0 aliphatic carbocycles. The summed E-state index contributed by atoms with van der Waals surface area (Å²) in [5.74, 6) is 2.12. The van der Waals surface area contributed by atoms with Crippen LogP contribution in [0.15, 0.2) is 60.7 Å². The molecule has 7 heteroatoms. The van der Waals surface area contributed by atoms with E-state index in [1.54, 1.807) is 11.3 Å². The fraction of sp³-hybridized carbons (Fsp3) is 0.300. The van der Waals surface area contributed by atoms with Crippen LogP contribution in [0.1, 0.15) is 48.0 Å². The zero-order valence-electron chi connectivity index (χ0n) is 21.0. The summed E-state index contributed by atoms with van der Waals surface area (Å²) in [5.41, 5.74) is 4.58. The third kappa shape index (κ3) is 4.67. The lowest BCUT2D eigenvalue weighted by Crippen LogP contribution is -2.24. The van der Waals surface area contributed by atoms with Gasteiger partial charge < -0.3 is 20.1 Å². The highest BCUT2D eigenvalue weighted by molar-refractivity contribution is 7.25. The number of anilines is 2. The van der Waals surface area contributed by atoms with Crippen LogP contribution < -0.4 is 20.1 Å². The van der Waals surface area contributed by atoms with Gasteiger partial charge in [0, 0.05) is 28.3 Å². The number of aldehydes is 1. The molecule has 0 saturated carbocycles. The first-order chi connectivity index (χ1) is 18.1. The van der Waals surface area contributed by atoms with Gasteiger partial charge in [0.15, 0.2) is 17.8 Å². The molecule has 0 spiro atoms. The van der Waals surface area contributed by atoms with Gasteiger partial charge in [0.1, 0.15) is 13.2 Å². The van der Waals surface area contributed by atoms with Crippen LogP contribution in [-0.4, -0.2) is 25.5 Å². The predicted molar refractivity (Wildman–Crippen MR) is 153 cm³/mol. The van der Waals surface area contributed by atoms with Crippen molar-refractivity contribution in [1.82, 2.24) is 5.32 Å². The normalized spacial score (nSPS) is 20.6. The van der Waals surface area contributed by atoms with Crippen molar-refractivity contribution in [2.45, 2.75) is 38.8 Å². The van der Waals surface area contributed by atoms with Crippen LogP contribution in [0.2, 0.25) is 0 Å². The summed E-state index contributed by atoms with van der Waals surface area (Å²) in [6.07, 6.45) is 3.19. The molecule has 2 aromatic carbocycles. The Bertz CT molecular complexity index is 1410. The van der Waals surface area contributed by atoms with Crippen LogP contribution >= 0.6 is 22.7 Å². The Hall–Kier alpha value is -3.13. The minimum atomic E-state index is 0.260. The van der Waals surface area contributed by atoms with Crippen LogP contribution in [0.5, 0.6) is 11.5 Å². The number of thiophene rings is 2. The van der Waals surface area contributed by atoms with Gasteiger partial charge in [-0.05, 0) is 66.3 Å². The monoisotopic (exact) mass is 530 g/mol. The Kier molecular flexibility index (Phi) is 6.76. The molecule has 5 nitrogen and oxygen atoms in total. The second-order valence-electron chi connectivity index (χ2n) is 9.69. The maximum atomic E-state index is 11.3. The molecule has 4 heterocycles. The lowest BCUT2D eigenvalue weighted by Gasteiger charge is -2.23. The third-order valence-corrected chi connectivity index (χ3v) is 9.59. The van der Waals surface area contributed by atoms with Crippen molar-refractivity contribution in [1.29, 1.82) is 0 Å². The molecular formula is C30H30N2O3S2. The number of hydrogen-bond acceptors (Lipinski definition) is 7. The Balaban J connectivity index is 1.45. The van der Waals surface area contributed by atoms with E-state index < -0.39 is 0 Å². The SMILES string of the molecule is CCC1CC(C)C(c2cc(-c3sc(-c4ccc(C=O)s4)c4c3OCCO4)ccc2Nc2ccccc2)N1. The molecule has 2 N–H and O–H groups in total. The molecule has 4 aromatic rings. The second-order valence-corrected chi connectivity index (χ2v) is 11.8. The summed E-state index contributed by atoms with van der Waals surface area (Å²) >= 11 is 3.16. The van der Waals surface area contributed by atoms with Crippen molar-refractivity contribution in [2.75, 3.05) is 18.5 Å². The van der Waals surface area contributed by atoms with E-state index in [0.29, 0.717) is 30.1 Å². The molecule has 2 aromatic heterocycles. The number of carbonyl (C=O) groups excluding carboxylic acids is 1. The van der Waals surface area contributed by atoms with Crippen LogP contribution in [0, 0.1) is 5.92 Å². The Morgan fingerprint density at radius 3 is 2.49 bits per heavy atom. The fourth-order valence-electron chi connectivity index (χ4n) is 5.35. The Labute approximate surface area is 225 Å². The molecule has 190 valence electrons. The average molecular weight is 531 g/mol. The molecule has 1 saturated heterocycles. The minimum absolute atomic E-state index is 0.260. The van der Waals surface area contributed by atoms with Gasteiger partial charge in [0.25, 0.3) is 0 Å². The molecule has 3 atom stereocenters. The molecule has 0 amide bonds. The van der Waals surface area contributed by atoms with Crippen molar-refractivity contribution in [3.05, 3.63) is 71.1 Å². The van der Waals surface area contributed by atoms with Crippen molar-refractivity contribution < 1.29 is 14.3 Å². The lowest BCUT2D eigenvalue weighted by molar-refractivity contribution is 0.112. The second kappa shape index (κ2) is 10.3. The quantitative estimate of drug-likeness (QED) is 0.238. The number of fused-ring (bicyclic) bond motifs is 1. The number of para-hydroxylation sites is 1. The third-order valence-electron chi connectivity index (χ3n) is 7.20. The van der Waals surface area contributed by atoms with Gasteiger partial charge in [-0.15, -0.1) is 22.7 Å². The van der Waals surface area contributed by atoms with E-state index in [0.717, 1.165) is 55.8 Å². The van der Waals surface area contributed by atoms with E-state index in [2.05, 4.69) is 66.9 Å². The number of hydrogen-bond donors (Lipinski definition) is 2.